The van der Waals surface area contributed by atoms with E-state index < -0.39 is 11.6 Å². The molecule has 0 radical (unpaired) electrons. The number of halogens is 3. The molecular weight excluding hydrogens is 284 g/mol. The number of benzene rings is 2. The molecule has 0 fully saturated rings. The molecule has 1 N–H and O–H groups in total. The van der Waals surface area contributed by atoms with Gasteiger partial charge in [0, 0.05) is 6.04 Å². The summed E-state index contributed by atoms with van der Waals surface area (Å²) in [6, 6.07) is 8.90. The summed E-state index contributed by atoms with van der Waals surface area (Å²) in [5, 5.41) is 2.94. The van der Waals surface area contributed by atoms with Crippen molar-refractivity contribution in [3.05, 3.63) is 58.6 Å². The lowest BCUT2D eigenvalue weighted by atomic mass is 10.1. The maximum atomic E-state index is 14.0. The van der Waals surface area contributed by atoms with E-state index in [1.807, 2.05) is 6.92 Å². The van der Waals surface area contributed by atoms with Gasteiger partial charge in [-0.25, -0.2) is 8.78 Å². The molecule has 0 aliphatic rings. The second kappa shape index (κ2) is 6.20. The van der Waals surface area contributed by atoms with Gasteiger partial charge in [-0.15, -0.1) is 0 Å². The Kier molecular flexibility index (Phi) is 4.57. The standard InChI is InChI=1S/C15H14ClF2NO/c1-9(19-2)10-6-7-13(12(17)8-10)20-14-5-3-4-11(16)15(14)18/h3-9,19H,1-2H3. The van der Waals surface area contributed by atoms with E-state index in [-0.39, 0.29) is 22.6 Å². The molecule has 0 aliphatic carbocycles. The van der Waals surface area contributed by atoms with Crippen molar-refractivity contribution in [2.24, 2.45) is 0 Å². The molecule has 20 heavy (non-hydrogen) atoms. The van der Waals surface area contributed by atoms with Crippen molar-refractivity contribution < 1.29 is 13.5 Å². The van der Waals surface area contributed by atoms with Crippen LogP contribution in [0.5, 0.6) is 11.5 Å². The van der Waals surface area contributed by atoms with E-state index in [0.717, 1.165) is 5.56 Å². The van der Waals surface area contributed by atoms with E-state index in [1.54, 1.807) is 13.1 Å². The van der Waals surface area contributed by atoms with Gasteiger partial charge in [0.2, 0.25) is 0 Å². The Bertz CT molecular complexity index is 619. The minimum atomic E-state index is -0.707. The molecule has 0 amide bonds. The number of hydrogen-bond acceptors (Lipinski definition) is 2. The summed E-state index contributed by atoms with van der Waals surface area (Å²) in [5.41, 5.74) is 0.781. The quantitative estimate of drug-likeness (QED) is 0.884. The number of nitrogens with one attached hydrogen (secondary N) is 1. The minimum Gasteiger partial charge on any atom is -0.451 e. The Hall–Kier alpha value is -1.65. The zero-order valence-electron chi connectivity index (χ0n) is 11.1. The Balaban J connectivity index is 2.28. The third-order valence-corrected chi connectivity index (χ3v) is 3.32. The van der Waals surface area contributed by atoms with Crippen molar-refractivity contribution in [2.75, 3.05) is 7.05 Å². The van der Waals surface area contributed by atoms with Crippen LogP contribution in [-0.4, -0.2) is 7.05 Å². The summed E-state index contributed by atoms with van der Waals surface area (Å²) >= 11 is 5.65. The van der Waals surface area contributed by atoms with Gasteiger partial charge >= 0.3 is 0 Å². The Labute approximate surface area is 121 Å². The van der Waals surface area contributed by atoms with E-state index in [9.17, 15) is 8.78 Å². The van der Waals surface area contributed by atoms with Crippen molar-refractivity contribution in [1.29, 1.82) is 0 Å². The lowest BCUT2D eigenvalue weighted by Gasteiger charge is -2.13. The van der Waals surface area contributed by atoms with Crippen LogP contribution in [0.2, 0.25) is 5.02 Å². The van der Waals surface area contributed by atoms with Crippen LogP contribution in [0.1, 0.15) is 18.5 Å². The molecule has 1 unspecified atom stereocenters. The third-order valence-electron chi connectivity index (χ3n) is 3.03. The van der Waals surface area contributed by atoms with Crippen LogP contribution in [0.15, 0.2) is 36.4 Å². The average molecular weight is 298 g/mol. The third kappa shape index (κ3) is 3.08. The molecular formula is C15H14ClF2NO. The molecule has 0 bridgehead atoms. The van der Waals surface area contributed by atoms with E-state index in [1.165, 1.54) is 30.3 Å². The van der Waals surface area contributed by atoms with Crippen molar-refractivity contribution in [1.82, 2.24) is 5.32 Å². The molecule has 2 rings (SSSR count). The highest BCUT2D eigenvalue weighted by Gasteiger charge is 2.13. The van der Waals surface area contributed by atoms with Crippen molar-refractivity contribution in [2.45, 2.75) is 13.0 Å². The maximum absolute atomic E-state index is 14.0. The molecule has 2 aromatic carbocycles. The molecule has 2 aromatic rings. The molecule has 1 atom stereocenters. The molecule has 0 heterocycles. The summed E-state index contributed by atoms with van der Waals surface area (Å²) in [7, 11) is 1.79. The smallest absolute Gasteiger partial charge is 0.184 e. The van der Waals surface area contributed by atoms with Gasteiger partial charge in [0.1, 0.15) is 0 Å². The zero-order valence-corrected chi connectivity index (χ0v) is 11.8. The molecule has 0 spiro atoms. The largest absolute Gasteiger partial charge is 0.451 e. The first kappa shape index (κ1) is 14.8. The van der Waals surface area contributed by atoms with Gasteiger partial charge < -0.3 is 10.1 Å². The highest BCUT2D eigenvalue weighted by atomic mass is 35.5. The van der Waals surface area contributed by atoms with E-state index in [4.69, 9.17) is 16.3 Å². The lowest BCUT2D eigenvalue weighted by molar-refractivity contribution is 0.414. The normalized spacial score (nSPS) is 12.2. The lowest BCUT2D eigenvalue weighted by Crippen LogP contribution is -2.12. The van der Waals surface area contributed by atoms with Gasteiger partial charge in [0.15, 0.2) is 23.1 Å². The van der Waals surface area contributed by atoms with Crippen LogP contribution in [0.4, 0.5) is 8.78 Å². The van der Waals surface area contributed by atoms with Crippen molar-refractivity contribution >= 4 is 11.6 Å². The second-order valence-electron chi connectivity index (χ2n) is 4.35. The van der Waals surface area contributed by atoms with Gasteiger partial charge in [-0.2, -0.15) is 0 Å². The fourth-order valence-electron chi connectivity index (χ4n) is 1.72. The Morgan fingerprint density at radius 2 is 1.90 bits per heavy atom. The van der Waals surface area contributed by atoms with Gasteiger partial charge in [-0.1, -0.05) is 23.7 Å². The summed E-state index contributed by atoms with van der Waals surface area (Å²) < 4.78 is 32.9. The first-order valence-electron chi connectivity index (χ1n) is 6.11. The Morgan fingerprint density at radius 3 is 2.55 bits per heavy atom. The molecule has 0 aliphatic heterocycles. The van der Waals surface area contributed by atoms with Gasteiger partial charge in [0.25, 0.3) is 0 Å². The van der Waals surface area contributed by atoms with E-state index in [0.29, 0.717) is 0 Å². The first-order valence-corrected chi connectivity index (χ1v) is 6.49. The van der Waals surface area contributed by atoms with Crippen LogP contribution in [-0.2, 0) is 0 Å². The van der Waals surface area contributed by atoms with Gasteiger partial charge in [0.05, 0.1) is 5.02 Å². The van der Waals surface area contributed by atoms with Crippen LogP contribution >= 0.6 is 11.6 Å². The number of ether oxygens (including phenoxy) is 1. The van der Waals surface area contributed by atoms with Crippen molar-refractivity contribution in [3.63, 3.8) is 0 Å². The first-order chi connectivity index (χ1) is 9.52. The fourth-order valence-corrected chi connectivity index (χ4v) is 1.88. The topological polar surface area (TPSA) is 21.3 Å². The number of hydrogen-bond donors (Lipinski definition) is 1. The van der Waals surface area contributed by atoms with Gasteiger partial charge in [-0.05, 0) is 43.8 Å². The van der Waals surface area contributed by atoms with Crippen LogP contribution in [0, 0.1) is 11.6 Å². The minimum absolute atomic E-state index is 0.0152. The molecule has 106 valence electrons. The molecule has 0 saturated carbocycles. The van der Waals surface area contributed by atoms with Crippen LogP contribution < -0.4 is 10.1 Å². The van der Waals surface area contributed by atoms with E-state index >= 15 is 0 Å². The Morgan fingerprint density at radius 1 is 1.15 bits per heavy atom. The fraction of sp³-hybridized carbons (Fsp3) is 0.200. The van der Waals surface area contributed by atoms with E-state index in [2.05, 4.69) is 5.32 Å². The highest BCUT2D eigenvalue weighted by molar-refractivity contribution is 6.30. The summed E-state index contributed by atoms with van der Waals surface area (Å²) in [6.07, 6.45) is 0. The van der Waals surface area contributed by atoms with Gasteiger partial charge in [-0.3, -0.25) is 0 Å². The molecule has 0 aromatic heterocycles. The maximum Gasteiger partial charge on any atom is 0.184 e. The van der Waals surface area contributed by atoms with Crippen LogP contribution in [0.25, 0.3) is 0 Å². The predicted octanol–water partition coefficient (Wildman–Crippen LogP) is 4.69. The zero-order chi connectivity index (χ0) is 14.7. The second-order valence-corrected chi connectivity index (χ2v) is 4.76. The molecule has 2 nitrogen and oxygen atoms in total. The summed E-state index contributed by atoms with van der Waals surface area (Å²) in [5.74, 6) is -1.41. The average Bonchev–Trinajstić information content (AvgIpc) is 2.45. The highest BCUT2D eigenvalue weighted by Crippen LogP contribution is 2.31. The molecule has 0 saturated heterocycles. The van der Waals surface area contributed by atoms with Crippen molar-refractivity contribution in [3.8, 4) is 11.5 Å². The predicted molar refractivity (Wildman–Crippen MR) is 75.4 cm³/mol. The summed E-state index contributed by atoms with van der Waals surface area (Å²) in [4.78, 5) is 0. The van der Waals surface area contributed by atoms with Crippen LogP contribution in [0.3, 0.4) is 0 Å². The SMILES string of the molecule is CNC(C)c1ccc(Oc2cccc(Cl)c2F)c(F)c1. The molecule has 5 heteroatoms. The monoisotopic (exact) mass is 297 g/mol. The number of rotatable bonds is 4. The summed E-state index contributed by atoms with van der Waals surface area (Å²) in [6.45, 7) is 1.91.